The smallest absolute Gasteiger partial charge is 0.250 e. The van der Waals surface area contributed by atoms with Crippen LogP contribution in [0.15, 0.2) is 34.8 Å². The highest BCUT2D eigenvalue weighted by atomic mass is 79.9. The van der Waals surface area contributed by atoms with Gasteiger partial charge in [-0.05, 0) is 48.0 Å². The van der Waals surface area contributed by atoms with Crippen molar-refractivity contribution in [3.05, 3.63) is 52.3 Å². The van der Waals surface area contributed by atoms with Crippen LogP contribution in [-0.4, -0.2) is 8.32 Å². The van der Waals surface area contributed by atoms with E-state index in [0.29, 0.717) is 4.47 Å². The van der Waals surface area contributed by atoms with Gasteiger partial charge < -0.3 is 4.43 Å². The minimum absolute atomic E-state index is 0.134. The van der Waals surface area contributed by atoms with Crippen LogP contribution in [0.3, 0.4) is 0 Å². The highest BCUT2D eigenvalue weighted by molar-refractivity contribution is 9.10. The van der Waals surface area contributed by atoms with Crippen molar-refractivity contribution in [3.63, 3.8) is 0 Å². The number of hydrogen-bond acceptors (Lipinski definition) is 1. The SMILES string of the molecule is CC(C)(C)[Si](C)(C)Oc1c(F)cc(-c2ccc(Br)cc2F)cc1F. The molecule has 0 radical (unpaired) electrons. The van der Waals surface area contributed by atoms with E-state index in [4.69, 9.17) is 4.43 Å². The van der Waals surface area contributed by atoms with E-state index >= 15 is 0 Å². The van der Waals surface area contributed by atoms with E-state index in [-0.39, 0.29) is 21.9 Å². The maximum atomic E-state index is 14.5. The molecular formula is C18H20BrF3OSi. The third kappa shape index (κ3) is 3.86. The first-order chi connectivity index (χ1) is 10.9. The number of rotatable bonds is 3. The predicted molar refractivity (Wildman–Crippen MR) is 97.3 cm³/mol. The van der Waals surface area contributed by atoms with Crippen LogP contribution in [0.1, 0.15) is 20.8 Å². The molecule has 2 aromatic rings. The zero-order valence-electron chi connectivity index (χ0n) is 14.3. The Morgan fingerprint density at radius 1 is 0.917 bits per heavy atom. The van der Waals surface area contributed by atoms with Crippen molar-refractivity contribution in [1.82, 2.24) is 0 Å². The molecule has 0 spiro atoms. The Morgan fingerprint density at radius 3 is 1.92 bits per heavy atom. The summed E-state index contributed by atoms with van der Waals surface area (Å²) in [7, 11) is -2.38. The first-order valence-corrected chi connectivity index (χ1v) is 11.3. The van der Waals surface area contributed by atoms with Gasteiger partial charge in [0.1, 0.15) is 5.82 Å². The Balaban J connectivity index is 2.46. The van der Waals surface area contributed by atoms with E-state index in [9.17, 15) is 13.2 Å². The maximum absolute atomic E-state index is 14.5. The summed E-state index contributed by atoms with van der Waals surface area (Å²) in [4.78, 5) is 0. The molecule has 0 heterocycles. The number of hydrogen-bond donors (Lipinski definition) is 0. The molecular weight excluding hydrogens is 397 g/mol. The molecule has 0 aliphatic rings. The van der Waals surface area contributed by atoms with Crippen molar-refractivity contribution in [2.45, 2.75) is 38.9 Å². The van der Waals surface area contributed by atoms with Crippen molar-refractivity contribution in [2.24, 2.45) is 0 Å². The average Bonchev–Trinajstić information content (AvgIpc) is 2.41. The van der Waals surface area contributed by atoms with Gasteiger partial charge in [-0.25, -0.2) is 13.2 Å². The van der Waals surface area contributed by atoms with Gasteiger partial charge in [0.25, 0.3) is 8.32 Å². The lowest BCUT2D eigenvalue weighted by molar-refractivity contribution is 0.424. The van der Waals surface area contributed by atoms with Gasteiger partial charge in [0, 0.05) is 10.0 Å². The van der Waals surface area contributed by atoms with Gasteiger partial charge in [0.2, 0.25) is 0 Å². The summed E-state index contributed by atoms with van der Waals surface area (Å²) >= 11 is 3.16. The lowest BCUT2D eigenvalue weighted by Crippen LogP contribution is -2.44. The van der Waals surface area contributed by atoms with Gasteiger partial charge in [0.15, 0.2) is 17.4 Å². The normalized spacial score (nSPS) is 12.4. The van der Waals surface area contributed by atoms with Crippen LogP contribution >= 0.6 is 15.9 Å². The summed E-state index contributed by atoms with van der Waals surface area (Å²) in [5, 5.41) is -0.192. The van der Waals surface area contributed by atoms with Gasteiger partial charge in [0.05, 0.1) is 0 Å². The Labute approximate surface area is 150 Å². The fourth-order valence-electron chi connectivity index (χ4n) is 1.94. The molecule has 0 atom stereocenters. The molecule has 0 unspecified atom stereocenters. The molecule has 2 aromatic carbocycles. The van der Waals surface area contributed by atoms with Crippen LogP contribution in [0.2, 0.25) is 18.1 Å². The van der Waals surface area contributed by atoms with Crippen LogP contribution in [0.25, 0.3) is 11.1 Å². The van der Waals surface area contributed by atoms with Crippen LogP contribution in [-0.2, 0) is 0 Å². The summed E-state index contributed by atoms with van der Waals surface area (Å²) in [6.07, 6.45) is 0. The molecule has 2 rings (SSSR count). The predicted octanol–water partition coefficient (Wildman–Crippen LogP) is 6.92. The number of benzene rings is 2. The molecule has 0 saturated heterocycles. The molecule has 0 amide bonds. The molecule has 0 aliphatic heterocycles. The summed E-state index contributed by atoms with van der Waals surface area (Å²) in [5.41, 5.74) is 0.271. The molecule has 0 saturated carbocycles. The molecule has 130 valence electrons. The van der Waals surface area contributed by atoms with E-state index < -0.39 is 25.8 Å². The van der Waals surface area contributed by atoms with Crippen LogP contribution in [0.4, 0.5) is 13.2 Å². The Morgan fingerprint density at radius 2 is 1.46 bits per heavy atom. The zero-order valence-corrected chi connectivity index (χ0v) is 16.9. The van der Waals surface area contributed by atoms with E-state index in [2.05, 4.69) is 15.9 Å². The molecule has 6 heteroatoms. The van der Waals surface area contributed by atoms with Crippen molar-refractivity contribution < 1.29 is 17.6 Å². The molecule has 0 aromatic heterocycles. The van der Waals surface area contributed by atoms with E-state index in [1.807, 2.05) is 33.9 Å². The first kappa shape index (κ1) is 19.1. The second-order valence-electron chi connectivity index (χ2n) is 7.26. The third-order valence-corrected chi connectivity index (χ3v) is 9.22. The fourth-order valence-corrected chi connectivity index (χ4v) is 3.29. The Kier molecular flexibility index (Phi) is 5.21. The topological polar surface area (TPSA) is 9.23 Å². The summed E-state index contributed by atoms with van der Waals surface area (Å²) < 4.78 is 49.2. The molecule has 0 N–H and O–H groups in total. The molecule has 1 nitrogen and oxygen atoms in total. The lowest BCUT2D eigenvalue weighted by atomic mass is 10.0. The number of halogens is 4. The highest BCUT2D eigenvalue weighted by Crippen LogP contribution is 2.40. The van der Waals surface area contributed by atoms with E-state index in [1.54, 1.807) is 6.07 Å². The first-order valence-electron chi connectivity index (χ1n) is 7.56. The quantitative estimate of drug-likeness (QED) is 0.493. The monoisotopic (exact) mass is 416 g/mol. The highest BCUT2D eigenvalue weighted by Gasteiger charge is 2.40. The summed E-state index contributed by atoms with van der Waals surface area (Å²) in [6.45, 7) is 9.78. The second kappa shape index (κ2) is 6.56. The van der Waals surface area contributed by atoms with Gasteiger partial charge >= 0.3 is 0 Å². The van der Waals surface area contributed by atoms with Crippen LogP contribution < -0.4 is 4.43 Å². The third-order valence-electron chi connectivity index (χ3n) is 4.40. The minimum atomic E-state index is -2.38. The Hall–Kier alpha value is -1.27. The summed E-state index contributed by atoms with van der Waals surface area (Å²) in [6, 6.07) is 6.57. The van der Waals surface area contributed by atoms with Crippen LogP contribution in [0, 0.1) is 17.5 Å². The van der Waals surface area contributed by atoms with Gasteiger partial charge in [-0.1, -0.05) is 42.8 Å². The van der Waals surface area contributed by atoms with Gasteiger partial charge in [-0.15, -0.1) is 0 Å². The lowest BCUT2D eigenvalue weighted by Gasteiger charge is -2.36. The summed E-state index contributed by atoms with van der Waals surface area (Å²) in [5.74, 6) is -2.58. The van der Waals surface area contributed by atoms with E-state index in [1.165, 1.54) is 12.1 Å². The van der Waals surface area contributed by atoms with Crippen LogP contribution in [0.5, 0.6) is 5.75 Å². The van der Waals surface area contributed by atoms with Crippen molar-refractivity contribution in [1.29, 1.82) is 0 Å². The molecule has 0 aliphatic carbocycles. The molecule has 0 bridgehead atoms. The molecule has 24 heavy (non-hydrogen) atoms. The molecule has 0 fully saturated rings. The zero-order chi connectivity index (χ0) is 18.3. The average molecular weight is 417 g/mol. The minimum Gasteiger partial charge on any atom is -0.540 e. The maximum Gasteiger partial charge on any atom is 0.250 e. The Bertz CT molecular complexity index is 746. The van der Waals surface area contributed by atoms with Crippen molar-refractivity contribution >= 4 is 24.2 Å². The van der Waals surface area contributed by atoms with Crippen molar-refractivity contribution in [3.8, 4) is 16.9 Å². The standard InChI is InChI=1S/C18H20BrF3OSi/c1-18(2,3)24(4,5)23-17-15(21)8-11(9-16(17)22)13-7-6-12(19)10-14(13)20/h6-10H,1-5H3. The van der Waals surface area contributed by atoms with Crippen molar-refractivity contribution in [2.75, 3.05) is 0 Å². The van der Waals surface area contributed by atoms with Gasteiger partial charge in [-0.2, -0.15) is 0 Å². The van der Waals surface area contributed by atoms with Gasteiger partial charge in [-0.3, -0.25) is 0 Å². The fraction of sp³-hybridized carbons (Fsp3) is 0.333. The largest absolute Gasteiger partial charge is 0.540 e. The van der Waals surface area contributed by atoms with E-state index in [0.717, 1.165) is 12.1 Å². The second-order valence-corrected chi connectivity index (χ2v) is 12.9.